The van der Waals surface area contributed by atoms with Crippen molar-refractivity contribution in [2.24, 2.45) is 0 Å². The molecule has 4 rings (SSSR count). The molecule has 1 atom stereocenters. The minimum Gasteiger partial charge on any atom is -0.339 e. The van der Waals surface area contributed by atoms with E-state index in [9.17, 15) is 13.6 Å². The molecule has 1 saturated heterocycles. The maximum Gasteiger partial charge on any atom is 0.232 e. The van der Waals surface area contributed by atoms with Crippen molar-refractivity contribution in [2.45, 2.75) is 12.3 Å². The second-order valence-corrected chi connectivity index (χ2v) is 6.38. The summed E-state index contributed by atoms with van der Waals surface area (Å²) in [6.07, 6.45) is 0.113. The van der Waals surface area contributed by atoms with Gasteiger partial charge in [0.2, 0.25) is 17.6 Å². The molecule has 1 amide bonds. The van der Waals surface area contributed by atoms with E-state index in [-0.39, 0.29) is 36.4 Å². The van der Waals surface area contributed by atoms with Crippen LogP contribution in [0.15, 0.2) is 47.0 Å². The third-order valence-electron chi connectivity index (χ3n) is 4.19. The molecular weight excluding hydrogens is 364 g/mol. The molecule has 26 heavy (non-hydrogen) atoms. The van der Waals surface area contributed by atoms with Crippen LogP contribution in [0.2, 0.25) is 5.02 Å². The summed E-state index contributed by atoms with van der Waals surface area (Å²) in [5.41, 5.74) is 0.790. The van der Waals surface area contributed by atoms with Crippen molar-refractivity contribution in [3.63, 3.8) is 0 Å². The predicted molar refractivity (Wildman–Crippen MR) is 90.8 cm³/mol. The van der Waals surface area contributed by atoms with Crippen molar-refractivity contribution >= 4 is 23.2 Å². The number of hydrogen-bond donors (Lipinski definition) is 0. The van der Waals surface area contributed by atoms with Crippen LogP contribution in [0.4, 0.5) is 14.5 Å². The number of nitrogens with zero attached hydrogens (tertiary/aromatic N) is 3. The van der Waals surface area contributed by atoms with Gasteiger partial charge in [-0.2, -0.15) is 4.98 Å². The molecule has 1 fully saturated rings. The standard InChI is InChI=1S/C18H12ClF2N3O2/c19-15-4-2-1-3-14(15)17-22-18(26-23-17)10-5-16(25)24(9-10)13-7-11(20)6-12(21)8-13/h1-4,6-8,10H,5,9H2. The lowest BCUT2D eigenvalue weighted by molar-refractivity contribution is -0.117. The van der Waals surface area contributed by atoms with Gasteiger partial charge in [0.1, 0.15) is 11.6 Å². The molecule has 0 saturated carbocycles. The van der Waals surface area contributed by atoms with Gasteiger partial charge in [-0.05, 0) is 24.3 Å². The van der Waals surface area contributed by atoms with Crippen molar-refractivity contribution in [3.8, 4) is 11.4 Å². The maximum atomic E-state index is 13.4. The molecule has 2 aromatic carbocycles. The minimum absolute atomic E-state index is 0.113. The highest BCUT2D eigenvalue weighted by Gasteiger charge is 2.35. The summed E-state index contributed by atoms with van der Waals surface area (Å²) in [6.45, 7) is 0.200. The van der Waals surface area contributed by atoms with Gasteiger partial charge in [0, 0.05) is 30.3 Å². The molecule has 132 valence electrons. The van der Waals surface area contributed by atoms with Gasteiger partial charge in [0.25, 0.3) is 0 Å². The van der Waals surface area contributed by atoms with Gasteiger partial charge < -0.3 is 9.42 Å². The zero-order valence-corrected chi connectivity index (χ0v) is 14.1. The number of benzene rings is 2. The van der Waals surface area contributed by atoms with Gasteiger partial charge >= 0.3 is 0 Å². The first-order valence-corrected chi connectivity index (χ1v) is 8.24. The van der Waals surface area contributed by atoms with E-state index < -0.39 is 11.6 Å². The quantitative estimate of drug-likeness (QED) is 0.688. The van der Waals surface area contributed by atoms with E-state index in [1.54, 1.807) is 24.3 Å². The molecule has 0 bridgehead atoms. The van der Waals surface area contributed by atoms with Crippen molar-refractivity contribution < 1.29 is 18.1 Å². The zero-order valence-electron chi connectivity index (χ0n) is 13.3. The van der Waals surface area contributed by atoms with Crippen LogP contribution < -0.4 is 4.90 Å². The number of amides is 1. The molecule has 1 aliphatic rings. The first-order valence-electron chi connectivity index (χ1n) is 7.86. The third kappa shape index (κ3) is 3.06. The first-order chi connectivity index (χ1) is 12.5. The van der Waals surface area contributed by atoms with Crippen LogP contribution in [0.3, 0.4) is 0 Å². The number of anilines is 1. The summed E-state index contributed by atoms with van der Waals surface area (Å²) >= 11 is 6.13. The number of hydrogen-bond acceptors (Lipinski definition) is 4. The zero-order chi connectivity index (χ0) is 18.3. The molecule has 2 heterocycles. The molecule has 0 spiro atoms. The molecule has 3 aromatic rings. The predicted octanol–water partition coefficient (Wildman–Crippen LogP) is 4.19. The van der Waals surface area contributed by atoms with Gasteiger partial charge in [-0.15, -0.1) is 0 Å². The van der Waals surface area contributed by atoms with Crippen molar-refractivity contribution in [3.05, 3.63) is 65.0 Å². The Kier molecular flexibility index (Phi) is 4.16. The Morgan fingerprint density at radius 3 is 2.62 bits per heavy atom. The molecule has 1 aromatic heterocycles. The number of aromatic nitrogens is 2. The fourth-order valence-electron chi connectivity index (χ4n) is 2.97. The molecule has 1 aliphatic heterocycles. The van der Waals surface area contributed by atoms with Gasteiger partial charge in [0.05, 0.1) is 10.9 Å². The average molecular weight is 376 g/mol. The second kappa shape index (κ2) is 6.49. The van der Waals surface area contributed by atoms with E-state index >= 15 is 0 Å². The van der Waals surface area contributed by atoms with Crippen LogP contribution in [0.5, 0.6) is 0 Å². The average Bonchev–Trinajstić information content (AvgIpc) is 3.21. The summed E-state index contributed by atoms with van der Waals surface area (Å²) in [5.74, 6) is -1.50. The Bertz CT molecular complexity index is 972. The number of carbonyl (C=O) groups is 1. The third-order valence-corrected chi connectivity index (χ3v) is 4.52. The van der Waals surface area contributed by atoms with E-state index in [0.29, 0.717) is 16.4 Å². The van der Waals surface area contributed by atoms with Crippen LogP contribution in [-0.4, -0.2) is 22.6 Å². The highest BCUT2D eigenvalue weighted by Crippen LogP contribution is 2.33. The van der Waals surface area contributed by atoms with E-state index in [1.807, 2.05) is 0 Å². The SMILES string of the molecule is O=C1CC(c2nc(-c3ccccc3Cl)no2)CN1c1cc(F)cc(F)c1. The van der Waals surface area contributed by atoms with Gasteiger partial charge in [-0.25, -0.2) is 8.78 Å². The lowest BCUT2D eigenvalue weighted by atomic mass is 10.1. The topological polar surface area (TPSA) is 59.2 Å². The molecular formula is C18H12ClF2N3O2. The molecule has 0 aliphatic carbocycles. The van der Waals surface area contributed by atoms with Crippen molar-refractivity contribution in [2.75, 3.05) is 11.4 Å². The Morgan fingerprint density at radius 2 is 1.88 bits per heavy atom. The van der Waals surface area contributed by atoms with Gasteiger partial charge in [0.15, 0.2) is 0 Å². The summed E-state index contributed by atoms with van der Waals surface area (Å²) in [4.78, 5) is 17.9. The summed E-state index contributed by atoms with van der Waals surface area (Å²) < 4.78 is 32.1. The van der Waals surface area contributed by atoms with E-state index in [1.165, 1.54) is 4.90 Å². The van der Waals surface area contributed by atoms with Crippen molar-refractivity contribution in [1.82, 2.24) is 10.1 Å². The van der Waals surface area contributed by atoms with Gasteiger partial charge in [-0.1, -0.05) is 28.9 Å². The highest BCUT2D eigenvalue weighted by molar-refractivity contribution is 6.33. The number of rotatable bonds is 3. The van der Waals surface area contributed by atoms with E-state index in [0.717, 1.165) is 18.2 Å². The van der Waals surface area contributed by atoms with E-state index in [4.69, 9.17) is 16.1 Å². The van der Waals surface area contributed by atoms with Crippen LogP contribution >= 0.6 is 11.6 Å². The van der Waals surface area contributed by atoms with Crippen LogP contribution in [-0.2, 0) is 4.79 Å². The summed E-state index contributed by atoms with van der Waals surface area (Å²) in [5, 5.41) is 4.41. The minimum atomic E-state index is -0.741. The second-order valence-electron chi connectivity index (χ2n) is 5.97. The first kappa shape index (κ1) is 16.7. The lowest BCUT2D eigenvalue weighted by Gasteiger charge is -2.16. The van der Waals surface area contributed by atoms with Crippen LogP contribution in [0.1, 0.15) is 18.2 Å². The number of carbonyl (C=O) groups excluding carboxylic acids is 1. The molecule has 5 nitrogen and oxygen atoms in total. The lowest BCUT2D eigenvalue weighted by Crippen LogP contribution is -2.24. The maximum absolute atomic E-state index is 13.4. The van der Waals surface area contributed by atoms with E-state index in [2.05, 4.69) is 10.1 Å². The smallest absolute Gasteiger partial charge is 0.232 e. The highest BCUT2D eigenvalue weighted by atomic mass is 35.5. The van der Waals surface area contributed by atoms with Crippen LogP contribution in [0, 0.1) is 11.6 Å². The summed E-state index contributed by atoms with van der Waals surface area (Å²) in [6, 6.07) is 10.1. The molecule has 8 heteroatoms. The molecule has 0 N–H and O–H groups in total. The number of halogens is 3. The Morgan fingerprint density at radius 1 is 1.15 bits per heavy atom. The van der Waals surface area contributed by atoms with Crippen LogP contribution in [0.25, 0.3) is 11.4 Å². The Balaban J connectivity index is 1.59. The molecule has 1 unspecified atom stereocenters. The largest absolute Gasteiger partial charge is 0.339 e. The Labute approximate surface area is 152 Å². The fraction of sp³-hybridized carbons (Fsp3) is 0.167. The summed E-state index contributed by atoms with van der Waals surface area (Å²) in [7, 11) is 0. The monoisotopic (exact) mass is 375 g/mol. The fourth-order valence-corrected chi connectivity index (χ4v) is 3.19. The normalized spacial score (nSPS) is 17.1. The Hall–Kier alpha value is -2.80. The molecule has 0 radical (unpaired) electrons. The van der Waals surface area contributed by atoms with Crippen molar-refractivity contribution in [1.29, 1.82) is 0 Å². The van der Waals surface area contributed by atoms with Gasteiger partial charge in [-0.3, -0.25) is 4.79 Å².